The van der Waals surface area contributed by atoms with Crippen molar-refractivity contribution in [2.75, 3.05) is 0 Å². The van der Waals surface area contributed by atoms with Gasteiger partial charge in [0.15, 0.2) is 0 Å². The number of allylic oxidation sites excluding steroid dienone is 1. The van der Waals surface area contributed by atoms with E-state index in [9.17, 15) is 5.26 Å². The fourth-order valence-electron chi connectivity index (χ4n) is 3.35. The Labute approximate surface area is 154 Å². The molecule has 2 aromatic rings. The molecule has 3 rings (SSSR count). The van der Waals surface area contributed by atoms with Crippen molar-refractivity contribution in [2.24, 2.45) is 16.3 Å². The van der Waals surface area contributed by atoms with E-state index in [-0.39, 0.29) is 0 Å². The molecule has 1 aromatic carbocycles. The van der Waals surface area contributed by atoms with Gasteiger partial charge in [0.05, 0.1) is 5.56 Å². The summed E-state index contributed by atoms with van der Waals surface area (Å²) < 4.78 is 0. The lowest BCUT2D eigenvalue weighted by molar-refractivity contribution is 0.218. The summed E-state index contributed by atoms with van der Waals surface area (Å²) in [5.74, 6) is 0.681. The predicted octanol–water partition coefficient (Wildman–Crippen LogP) is 6.19. The van der Waals surface area contributed by atoms with Crippen LogP contribution in [0.25, 0.3) is 6.08 Å². The second kappa shape index (κ2) is 7.37. The molecule has 0 fully saturated rings. The number of fused-ring (bicyclic) bond motifs is 1. The molecule has 0 spiro atoms. The summed E-state index contributed by atoms with van der Waals surface area (Å²) in [6, 6.07) is 12.5. The number of benzene rings is 1. The molecule has 1 aromatic heterocycles. The topological polar surface area (TPSA) is 36.1 Å². The fourth-order valence-corrected chi connectivity index (χ4v) is 4.58. The summed E-state index contributed by atoms with van der Waals surface area (Å²) in [5.41, 5.74) is 3.49. The number of nitrogens with zero attached hydrogens (tertiary/aromatic N) is 2. The van der Waals surface area contributed by atoms with Crippen LogP contribution in [0.4, 0.5) is 5.00 Å². The molecule has 1 atom stereocenters. The highest BCUT2D eigenvalue weighted by molar-refractivity contribution is 7.16. The van der Waals surface area contributed by atoms with Crippen LogP contribution in [-0.2, 0) is 12.8 Å². The van der Waals surface area contributed by atoms with Gasteiger partial charge in [-0.2, -0.15) is 5.26 Å². The van der Waals surface area contributed by atoms with E-state index in [1.807, 2.05) is 30.4 Å². The first kappa shape index (κ1) is 17.6. The lowest BCUT2D eigenvalue weighted by atomic mass is 9.72. The van der Waals surface area contributed by atoms with E-state index in [1.165, 1.54) is 16.9 Å². The Hall–Kier alpha value is -2.18. The van der Waals surface area contributed by atoms with Crippen LogP contribution < -0.4 is 0 Å². The van der Waals surface area contributed by atoms with Gasteiger partial charge in [-0.05, 0) is 47.8 Å². The van der Waals surface area contributed by atoms with Gasteiger partial charge in [-0.3, -0.25) is 0 Å². The number of thiophene rings is 1. The third-order valence-corrected chi connectivity index (χ3v) is 6.11. The Kier molecular flexibility index (Phi) is 5.20. The maximum absolute atomic E-state index is 9.59. The molecule has 0 amide bonds. The second-order valence-electron chi connectivity index (χ2n) is 7.65. The Morgan fingerprint density at radius 3 is 2.68 bits per heavy atom. The quantitative estimate of drug-likeness (QED) is 0.609. The standard InChI is InChI=1S/C22H24N2S/c1-22(2,3)17-11-12-18-19(15-23)21(25-20(18)14-17)24-13-7-10-16-8-5-4-6-9-16/h4-10,13,17H,11-12,14H2,1-3H3. The molecule has 25 heavy (non-hydrogen) atoms. The first-order chi connectivity index (χ1) is 12.0. The average molecular weight is 349 g/mol. The number of nitriles is 1. The fraction of sp³-hybridized carbons (Fsp3) is 0.364. The van der Waals surface area contributed by atoms with Crippen LogP contribution in [0.5, 0.6) is 0 Å². The highest BCUT2D eigenvalue weighted by Crippen LogP contribution is 2.44. The second-order valence-corrected chi connectivity index (χ2v) is 8.73. The first-order valence-corrected chi connectivity index (χ1v) is 9.61. The van der Waals surface area contributed by atoms with Crippen LogP contribution in [0.2, 0.25) is 0 Å². The highest BCUT2D eigenvalue weighted by atomic mass is 32.1. The van der Waals surface area contributed by atoms with Gasteiger partial charge < -0.3 is 0 Å². The summed E-state index contributed by atoms with van der Waals surface area (Å²) >= 11 is 1.70. The smallest absolute Gasteiger partial charge is 0.134 e. The number of aliphatic imine (C=N–C) groups is 1. The van der Waals surface area contributed by atoms with Crippen LogP contribution in [-0.4, -0.2) is 6.21 Å². The van der Waals surface area contributed by atoms with E-state index >= 15 is 0 Å². The van der Waals surface area contributed by atoms with Crippen LogP contribution in [0.1, 0.15) is 48.8 Å². The Morgan fingerprint density at radius 2 is 2.00 bits per heavy atom. The minimum Gasteiger partial charge on any atom is -0.245 e. The molecule has 1 aliphatic carbocycles. The van der Waals surface area contributed by atoms with Crippen molar-refractivity contribution in [1.29, 1.82) is 5.26 Å². The van der Waals surface area contributed by atoms with Crippen LogP contribution in [0.15, 0.2) is 41.4 Å². The van der Waals surface area contributed by atoms with Gasteiger partial charge in [-0.25, -0.2) is 4.99 Å². The third-order valence-electron chi connectivity index (χ3n) is 4.95. The zero-order valence-corrected chi connectivity index (χ0v) is 15.9. The van der Waals surface area contributed by atoms with Crippen molar-refractivity contribution in [2.45, 2.75) is 40.0 Å². The molecule has 0 saturated carbocycles. The van der Waals surface area contributed by atoms with Crippen LogP contribution in [0, 0.1) is 22.7 Å². The van der Waals surface area contributed by atoms with E-state index in [0.29, 0.717) is 11.3 Å². The summed E-state index contributed by atoms with van der Waals surface area (Å²) in [4.78, 5) is 5.93. The zero-order valence-electron chi connectivity index (χ0n) is 15.1. The van der Waals surface area contributed by atoms with E-state index in [4.69, 9.17) is 0 Å². The number of hydrogen-bond acceptors (Lipinski definition) is 3. The van der Waals surface area contributed by atoms with Gasteiger partial charge in [0.25, 0.3) is 0 Å². The predicted molar refractivity (Wildman–Crippen MR) is 108 cm³/mol. The van der Waals surface area contributed by atoms with Gasteiger partial charge in [0.2, 0.25) is 0 Å². The minimum absolute atomic E-state index is 0.316. The maximum Gasteiger partial charge on any atom is 0.134 e. The molecule has 3 heteroatoms. The molecule has 0 aliphatic heterocycles. The lowest BCUT2D eigenvalue weighted by Crippen LogP contribution is -2.26. The monoisotopic (exact) mass is 348 g/mol. The normalized spacial score (nSPS) is 17.8. The average Bonchev–Trinajstić information content (AvgIpc) is 2.95. The lowest BCUT2D eigenvalue weighted by Gasteiger charge is -2.33. The molecular formula is C22H24N2S. The molecule has 0 bridgehead atoms. The summed E-state index contributed by atoms with van der Waals surface area (Å²) in [5, 5.41) is 10.4. The molecule has 0 saturated heterocycles. The van der Waals surface area contributed by atoms with E-state index in [1.54, 1.807) is 17.6 Å². The third kappa shape index (κ3) is 4.08. The maximum atomic E-state index is 9.59. The molecule has 0 radical (unpaired) electrons. The molecule has 1 unspecified atom stereocenters. The van der Waals surface area contributed by atoms with Crippen molar-refractivity contribution < 1.29 is 0 Å². The van der Waals surface area contributed by atoms with Crippen molar-refractivity contribution in [1.82, 2.24) is 0 Å². The van der Waals surface area contributed by atoms with Gasteiger partial charge >= 0.3 is 0 Å². The molecule has 128 valence electrons. The van der Waals surface area contributed by atoms with Crippen LogP contribution >= 0.6 is 11.3 Å². The number of rotatable bonds is 3. The van der Waals surface area contributed by atoms with E-state index in [0.717, 1.165) is 29.0 Å². The minimum atomic E-state index is 0.316. The Morgan fingerprint density at radius 1 is 1.24 bits per heavy atom. The SMILES string of the molecule is CC(C)(C)C1CCc2c(sc(N=CC=Cc3ccccc3)c2C#N)C1. The molecule has 1 heterocycles. The van der Waals surface area contributed by atoms with Crippen molar-refractivity contribution in [3.05, 3.63) is 58.0 Å². The van der Waals surface area contributed by atoms with Crippen molar-refractivity contribution in [3.8, 4) is 6.07 Å². The molecular weight excluding hydrogens is 324 g/mol. The van der Waals surface area contributed by atoms with Gasteiger partial charge in [0.1, 0.15) is 11.1 Å². The highest BCUT2D eigenvalue weighted by Gasteiger charge is 2.31. The molecule has 1 aliphatic rings. The Balaban J connectivity index is 1.79. The summed E-state index contributed by atoms with van der Waals surface area (Å²) in [6.45, 7) is 6.94. The van der Waals surface area contributed by atoms with E-state index < -0.39 is 0 Å². The number of hydrogen-bond donors (Lipinski definition) is 0. The van der Waals surface area contributed by atoms with Gasteiger partial charge in [-0.1, -0.05) is 57.2 Å². The van der Waals surface area contributed by atoms with E-state index in [2.05, 4.69) is 44.0 Å². The summed E-state index contributed by atoms with van der Waals surface area (Å²) in [6.07, 6.45) is 9.01. The first-order valence-electron chi connectivity index (χ1n) is 8.79. The summed E-state index contributed by atoms with van der Waals surface area (Å²) in [7, 11) is 0. The van der Waals surface area contributed by atoms with Crippen molar-refractivity contribution in [3.63, 3.8) is 0 Å². The Bertz CT molecular complexity index is 829. The molecule has 0 N–H and O–H groups in total. The zero-order chi connectivity index (χ0) is 17.9. The molecule has 2 nitrogen and oxygen atoms in total. The van der Waals surface area contributed by atoms with Gasteiger partial charge in [-0.15, -0.1) is 11.3 Å². The van der Waals surface area contributed by atoms with Crippen LogP contribution in [0.3, 0.4) is 0 Å². The van der Waals surface area contributed by atoms with Gasteiger partial charge in [0, 0.05) is 11.1 Å². The largest absolute Gasteiger partial charge is 0.245 e. The van der Waals surface area contributed by atoms with Crippen molar-refractivity contribution >= 4 is 28.6 Å².